The summed E-state index contributed by atoms with van der Waals surface area (Å²) in [7, 11) is 1.75. The van der Waals surface area contributed by atoms with Crippen LogP contribution in [-0.4, -0.2) is 36.4 Å². The highest BCUT2D eigenvalue weighted by Crippen LogP contribution is 2.22. The number of piperidine rings is 1. The molecule has 1 aromatic carbocycles. The normalized spacial score (nSPS) is 19.6. The van der Waals surface area contributed by atoms with E-state index in [2.05, 4.69) is 15.0 Å². The van der Waals surface area contributed by atoms with Crippen molar-refractivity contribution in [3.8, 4) is 11.5 Å². The van der Waals surface area contributed by atoms with Gasteiger partial charge >= 0.3 is 0 Å². The topological polar surface area (TPSA) is 51.4 Å². The van der Waals surface area contributed by atoms with Crippen molar-refractivity contribution >= 4 is 5.95 Å². The molecule has 0 bridgehead atoms. The Labute approximate surface area is 112 Å². The standard InChI is InChI=1S/C14H17N3O2/c1-18-12-8-5-9-17(10-12)14-15-13(19-16-14)11-6-3-2-4-7-11/h2-4,6-7,12H,5,8-10H2,1H3. The molecule has 0 saturated carbocycles. The van der Waals surface area contributed by atoms with E-state index in [1.807, 2.05) is 30.3 Å². The quantitative estimate of drug-likeness (QED) is 0.847. The molecular weight excluding hydrogens is 242 g/mol. The summed E-state index contributed by atoms with van der Waals surface area (Å²) >= 11 is 0. The van der Waals surface area contributed by atoms with Gasteiger partial charge < -0.3 is 14.2 Å². The van der Waals surface area contributed by atoms with Crippen LogP contribution in [0.1, 0.15) is 12.8 Å². The molecule has 1 aliphatic rings. The van der Waals surface area contributed by atoms with Gasteiger partial charge in [-0.2, -0.15) is 4.98 Å². The molecule has 0 N–H and O–H groups in total. The fourth-order valence-corrected chi connectivity index (χ4v) is 2.35. The molecule has 1 saturated heterocycles. The van der Waals surface area contributed by atoms with E-state index in [1.165, 1.54) is 0 Å². The van der Waals surface area contributed by atoms with Crippen molar-refractivity contribution in [1.29, 1.82) is 0 Å². The number of ether oxygens (including phenoxy) is 1. The van der Waals surface area contributed by atoms with Crippen LogP contribution >= 0.6 is 0 Å². The minimum Gasteiger partial charge on any atom is -0.380 e. The van der Waals surface area contributed by atoms with Crippen LogP contribution < -0.4 is 4.90 Å². The zero-order valence-electron chi connectivity index (χ0n) is 11.0. The Morgan fingerprint density at radius 2 is 2.16 bits per heavy atom. The molecular formula is C14H17N3O2. The van der Waals surface area contributed by atoms with Crippen LogP contribution in [0.3, 0.4) is 0 Å². The summed E-state index contributed by atoms with van der Waals surface area (Å²) in [6.45, 7) is 1.78. The van der Waals surface area contributed by atoms with Crippen LogP contribution in [0.2, 0.25) is 0 Å². The van der Waals surface area contributed by atoms with E-state index in [4.69, 9.17) is 9.26 Å². The third-order valence-corrected chi connectivity index (χ3v) is 3.43. The van der Waals surface area contributed by atoms with Gasteiger partial charge in [-0.3, -0.25) is 0 Å². The van der Waals surface area contributed by atoms with Gasteiger partial charge in [0.15, 0.2) is 0 Å². The summed E-state index contributed by atoms with van der Waals surface area (Å²) in [5.41, 5.74) is 0.946. The molecule has 0 radical (unpaired) electrons. The molecule has 3 rings (SSSR count). The van der Waals surface area contributed by atoms with Crippen molar-refractivity contribution in [2.45, 2.75) is 18.9 Å². The number of anilines is 1. The molecule has 100 valence electrons. The number of aromatic nitrogens is 2. The third kappa shape index (κ3) is 2.61. The van der Waals surface area contributed by atoms with Crippen molar-refractivity contribution in [1.82, 2.24) is 10.1 Å². The molecule has 1 unspecified atom stereocenters. The molecule has 19 heavy (non-hydrogen) atoms. The second kappa shape index (κ2) is 5.40. The molecule has 5 heteroatoms. The average Bonchev–Trinajstić information content (AvgIpc) is 2.98. The van der Waals surface area contributed by atoms with Crippen LogP contribution in [0.5, 0.6) is 0 Å². The zero-order valence-corrected chi connectivity index (χ0v) is 11.0. The van der Waals surface area contributed by atoms with Crippen molar-refractivity contribution in [3.05, 3.63) is 30.3 Å². The first-order valence-electron chi connectivity index (χ1n) is 6.53. The molecule has 1 aliphatic heterocycles. The van der Waals surface area contributed by atoms with Crippen molar-refractivity contribution < 1.29 is 9.26 Å². The largest absolute Gasteiger partial charge is 0.380 e. The zero-order chi connectivity index (χ0) is 13.1. The first-order chi connectivity index (χ1) is 9.36. The number of methoxy groups -OCH3 is 1. The van der Waals surface area contributed by atoms with Gasteiger partial charge in [-0.25, -0.2) is 0 Å². The first kappa shape index (κ1) is 12.2. The van der Waals surface area contributed by atoms with E-state index in [0.717, 1.165) is 31.5 Å². The molecule has 1 fully saturated rings. The summed E-state index contributed by atoms with van der Waals surface area (Å²) in [5.74, 6) is 1.22. The fourth-order valence-electron chi connectivity index (χ4n) is 2.35. The predicted molar refractivity (Wildman–Crippen MR) is 72.0 cm³/mol. The summed E-state index contributed by atoms with van der Waals surface area (Å²) in [6, 6.07) is 9.81. The second-order valence-corrected chi connectivity index (χ2v) is 4.71. The second-order valence-electron chi connectivity index (χ2n) is 4.71. The first-order valence-corrected chi connectivity index (χ1v) is 6.53. The molecule has 0 amide bonds. The van der Waals surface area contributed by atoms with Gasteiger partial charge in [-0.15, -0.1) is 0 Å². The van der Waals surface area contributed by atoms with Gasteiger partial charge in [-0.1, -0.05) is 18.2 Å². The lowest BCUT2D eigenvalue weighted by atomic mass is 10.1. The Morgan fingerprint density at radius 3 is 2.95 bits per heavy atom. The summed E-state index contributed by atoms with van der Waals surface area (Å²) in [4.78, 5) is 6.58. The molecule has 0 aliphatic carbocycles. The van der Waals surface area contributed by atoms with Gasteiger partial charge in [0.2, 0.25) is 0 Å². The molecule has 1 atom stereocenters. The Kier molecular flexibility index (Phi) is 3.46. The number of hydrogen-bond donors (Lipinski definition) is 0. The number of nitrogens with zero attached hydrogens (tertiary/aromatic N) is 3. The van der Waals surface area contributed by atoms with E-state index in [0.29, 0.717) is 11.8 Å². The minimum atomic E-state index is 0.257. The predicted octanol–water partition coefficient (Wildman–Crippen LogP) is 2.35. The molecule has 2 aromatic rings. The maximum Gasteiger partial charge on any atom is 0.266 e. The van der Waals surface area contributed by atoms with Crippen molar-refractivity contribution in [3.63, 3.8) is 0 Å². The average molecular weight is 259 g/mol. The van der Waals surface area contributed by atoms with Crippen molar-refractivity contribution in [2.24, 2.45) is 0 Å². The third-order valence-electron chi connectivity index (χ3n) is 3.43. The van der Waals surface area contributed by atoms with E-state index >= 15 is 0 Å². The maximum atomic E-state index is 5.41. The minimum absolute atomic E-state index is 0.257. The highest BCUT2D eigenvalue weighted by molar-refractivity contribution is 5.54. The highest BCUT2D eigenvalue weighted by Gasteiger charge is 2.23. The van der Waals surface area contributed by atoms with Gasteiger partial charge in [0, 0.05) is 25.8 Å². The van der Waals surface area contributed by atoms with Gasteiger partial charge in [0.25, 0.3) is 11.8 Å². The van der Waals surface area contributed by atoms with Crippen LogP contribution in [0.25, 0.3) is 11.5 Å². The van der Waals surface area contributed by atoms with E-state index < -0.39 is 0 Å². The fraction of sp³-hybridized carbons (Fsp3) is 0.429. The molecule has 2 heterocycles. The molecule has 5 nitrogen and oxygen atoms in total. The van der Waals surface area contributed by atoms with Gasteiger partial charge in [0.1, 0.15) is 0 Å². The van der Waals surface area contributed by atoms with E-state index in [9.17, 15) is 0 Å². The van der Waals surface area contributed by atoms with Crippen LogP contribution in [0, 0.1) is 0 Å². The number of rotatable bonds is 3. The molecule has 0 spiro atoms. The SMILES string of the molecule is COC1CCCN(c2noc(-c3ccccc3)n2)C1. The maximum absolute atomic E-state index is 5.41. The van der Waals surface area contributed by atoms with E-state index in [-0.39, 0.29) is 6.10 Å². The van der Waals surface area contributed by atoms with Crippen LogP contribution in [0.15, 0.2) is 34.9 Å². The van der Waals surface area contributed by atoms with Crippen LogP contribution in [-0.2, 0) is 4.74 Å². The Hall–Kier alpha value is -1.88. The van der Waals surface area contributed by atoms with Crippen molar-refractivity contribution in [2.75, 3.05) is 25.1 Å². The Morgan fingerprint density at radius 1 is 1.32 bits per heavy atom. The Balaban J connectivity index is 1.78. The summed E-state index contributed by atoms with van der Waals surface area (Å²) < 4.78 is 10.7. The molecule has 1 aromatic heterocycles. The summed E-state index contributed by atoms with van der Waals surface area (Å²) in [5, 5.41) is 4.07. The lowest BCUT2D eigenvalue weighted by Gasteiger charge is -2.30. The van der Waals surface area contributed by atoms with Crippen LogP contribution in [0.4, 0.5) is 5.95 Å². The van der Waals surface area contributed by atoms with Gasteiger partial charge in [-0.05, 0) is 30.1 Å². The summed E-state index contributed by atoms with van der Waals surface area (Å²) in [6.07, 6.45) is 2.44. The highest BCUT2D eigenvalue weighted by atomic mass is 16.5. The van der Waals surface area contributed by atoms with Gasteiger partial charge in [0.05, 0.1) is 6.10 Å². The Bertz CT molecular complexity index is 526. The number of benzene rings is 1. The monoisotopic (exact) mass is 259 g/mol. The number of hydrogen-bond acceptors (Lipinski definition) is 5. The smallest absolute Gasteiger partial charge is 0.266 e. The van der Waals surface area contributed by atoms with E-state index in [1.54, 1.807) is 7.11 Å². The lowest BCUT2D eigenvalue weighted by Crippen LogP contribution is -2.39. The lowest BCUT2D eigenvalue weighted by molar-refractivity contribution is 0.0888.